The van der Waals surface area contributed by atoms with Gasteiger partial charge in [-0.25, -0.2) is 4.98 Å². The van der Waals surface area contributed by atoms with E-state index in [0.29, 0.717) is 6.54 Å². The lowest BCUT2D eigenvalue weighted by molar-refractivity contribution is 0.0978. The van der Waals surface area contributed by atoms with E-state index >= 15 is 0 Å². The lowest BCUT2D eigenvalue weighted by Crippen LogP contribution is -2.31. The van der Waals surface area contributed by atoms with E-state index in [9.17, 15) is 4.79 Å². The summed E-state index contributed by atoms with van der Waals surface area (Å²) in [5.74, 6) is 0.988. The monoisotopic (exact) mass is 272 g/mol. The normalized spacial score (nSPS) is 10.8. The highest BCUT2D eigenvalue weighted by Gasteiger charge is 2.21. The van der Waals surface area contributed by atoms with Gasteiger partial charge in [0, 0.05) is 18.2 Å². The molecule has 0 spiro atoms. The Bertz CT molecular complexity index is 586. The third kappa shape index (κ3) is 2.87. The topological polar surface area (TPSA) is 61.9 Å². The van der Waals surface area contributed by atoms with E-state index in [1.807, 2.05) is 52.0 Å². The molecule has 0 aliphatic heterocycles. The smallest absolute Gasteiger partial charge is 0.297 e. The van der Waals surface area contributed by atoms with E-state index in [0.717, 1.165) is 17.1 Å². The van der Waals surface area contributed by atoms with E-state index in [1.165, 1.54) is 0 Å². The van der Waals surface area contributed by atoms with Crippen molar-refractivity contribution in [3.05, 3.63) is 41.5 Å². The van der Waals surface area contributed by atoms with Crippen LogP contribution in [0.3, 0.4) is 0 Å². The largest absolute Gasteiger partial charge is 0.306 e. The Kier molecular flexibility index (Phi) is 4.17. The van der Waals surface area contributed by atoms with Crippen LogP contribution in [0.5, 0.6) is 0 Å². The standard InChI is InChI=1S/C15H20N4O/c1-5-19(12-8-6-11(4)7-9-12)15(20)14-16-13(10(2)3)17-18-14/h6-10H,5H2,1-4H3,(H,16,17,18). The van der Waals surface area contributed by atoms with Crippen molar-refractivity contribution in [3.8, 4) is 0 Å². The number of aryl methyl sites for hydroxylation is 1. The van der Waals surface area contributed by atoms with Crippen LogP contribution in [0.25, 0.3) is 0 Å². The van der Waals surface area contributed by atoms with E-state index in [1.54, 1.807) is 4.90 Å². The van der Waals surface area contributed by atoms with Crippen LogP contribution < -0.4 is 4.90 Å². The van der Waals surface area contributed by atoms with Gasteiger partial charge in [0.05, 0.1) is 0 Å². The number of hydrogen-bond acceptors (Lipinski definition) is 3. The number of nitrogens with one attached hydrogen (secondary N) is 1. The number of aromatic amines is 1. The van der Waals surface area contributed by atoms with Crippen molar-refractivity contribution >= 4 is 11.6 Å². The minimum absolute atomic E-state index is 0.181. The number of carbonyl (C=O) groups is 1. The minimum Gasteiger partial charge on any atom is -0.306 e. The Morgan fingerprint density at radius 3 is 2.45 bits per heavy atom. The number of benzene rings is 1. The molecule has 2 rings (SSSR count). The number of nitrogens with zero attached hydrogens (tertiary/aromatic N) is 3. The predicted molar refractivity (Wildman–Crippen MR) is 79.0 cm³/mol. The van der Waals surface area contributed by atoms with Gasteiger partial charge in [0.1, 0.15) is 5.82 Å². The fourth-order valence-corrected chi connectivity index (χ4v) is 1.92. The zero-order valence-corrected chi connectivity index (χ0v) is 12.3. The molecule has 1 amide bonds. The van der Waals surface area contributed by atoms with Crippen LogP contribution in [-0.2, 0) is 0 Å². The molecule has 1 N–H and O–H groups in total. The molecule has 0 saturated carbocycles. The summed E-state index contributed by atoms with van der Waals surface area (Å²) < 4.78 is 0. The molecule has 1 aromatic carbocycles. The highest BCUT2D eigenvalue weighted by atomic mass is 16.2. The van der Waals surface area contributed by atoms with E-state index < -0.39 is 0 Å². The van der Waals surface area contributed by atoms with E-state index in [4.69, 9.17) is 0 Å². The van der Waals surface area contributed by atoms with Crippen molar-refractivity contribution in [2.45, 2.75) is 33.6 Å². The molecule has 0 aliphatic rings. The van der Waals surface area contributed by atoms with Gasteiger partial charge in [-0.2, -0.15) is 0 Å². The van der Waals surface area contributed by atoms with Crippen LogP contribution in [0.4, 0.5) is 5.69 Å². The first-order valence-corrected chi connectivity index (χ1v) is 6.83. The summed E-state index contributed by atoms with van der Waals surface area (Å²) in [5, 5.41) is 6.84. The van der Waals surface area contributed by atoms with E-state index in [-0.39, 0.29) is 17.6 Å². The Morgan fingerprint density at radius 2 is 1.95 bits per heavy atom. The van der Waals surface area contributed by atoms with Crippen LogP contribution in [-0.4, -0.2) is 27.6 Å². The first-order valence-electron chi connectivity index (χ1n) is 6.83. The van der Waals surface area contributed by atoms with Gasteiger partial charge in [-0.3, -0.25) is 9.89 Å². The van der Waals surface area contributed by atoms with Crippen LogP contribution in [0, 0.1) is 6.92 Å². The molecular weight excluding hydrogens is 252 g/mol. The van der Waals surface area contributed by atoms with Crippen LogP contribution >= 0.6 is 0 Å². The van der Waals surface area contributed by atoms with Gasteiger partial charge in [0.2, 0.25) is 5.82 Å². The van der Waals surface area contributed by atoms with E-state index in [2.05, 4.69) is 15.2 Å². The molecule has 0 bridgehead atoms. The molecule has 0 aliphatic carbocycles. The summed E-state index contributed by atoms with van der Waals surface area (Å²) in [5.41, 5.74) is 2.02. The number of carbonyl (C=O) groups excluding carboxylic acids is 1. The summed E-state index contributed by atoms with van der Waals surface area (Å²) in [6.45, 7) is 8.55. The number of H-pyrrole nitrogens is 1. The van der Waals surface area contributed by atoms with Gasteiger partial charge in [0.15, 0.2) is 0 Å². The molecule has 20 heavy (non-hydrogen) atoms. The maximum Gasteiger partial charge on any atom is 0.297 e. The second-order valence-electron chi connectivity index (χ2n) is 5.08. The summed E-state index contributed by atoms with van der Waals surface area (Å²) in [6, 6.07) is 7.85. The average Bonchev–Trinajstić information content (AvgIpc) is 2.91. The lowest BCUT2D eigenvalue weighted by Gasteiger charge is -2.19. The average molecular weight is 272 g/mol. The SMILES string of the molecule is CCN(C(=O)c1n[nH]c(C(C)C)n1)c1ccc(C)cc1. The summed E-state index contributed by atoms with van der Waals surface area (Å²) in [6.07, 6.45) is 0. The van der Waals surface area contributed by atoms with Gasteiger partial charge in [-0.1, -0.05) is 31.5 Å². The molecule has 0 radical (unpaired) electrons. The quantitative estimate of drug-likeness (QED) is 0.930. The molecular formula is C15H20N4O. The van der Waals surface area contributed by atoms with Gasteiger partial charge in [-0.05, 0) is 26.0 Å². The second kappa shape index (κ2) is 5.86. The van der Waals surface area contributed by atoms with Crippen molar-refractivity contribution < 1.29 is 4.79 Å². The fourth-order valence-electron chi connectivity index (χ4n) is 1.92. The maximum atomic E-state index is 12.5. The minimum atomic E-state index is -0.181. The first kappa shape index (κ1) is 14.2. The van der Waals surface area contributed by atoms with Gasteiger partial charge in [0.25, 0.3) is 5.91 Å². The van der Waals surface area contributed by atoms with Crippen LogP contribution in [0.1, 0.15) is 48.7 Å². The molecule has 5 heteroatoms. The number of aromatic nitrogens is 3. The Hall–Kier alpha value is -2.17. The Labute approximate surface area is 119 Å². The van der Waals surface area contributed by atoms with Crippen molar-refractivity contribution in [1.82, 2.24) is 15.2 Å². The van der Waals surface area contributed by atoms with Crippen molar-refractivity contribution in [1.29, 1.82) is 0 Å². The Balaban J connectivity index is 2.26. The third-order valence-electron chi connectivity index (χ3n) is 3.15. The Morgan fingerprint density at radius 1 is 1.30 bits per heavy atom. The molecule has 1 heterocycles. The number of amides is 1. The van der Waals surface area contributed by atoms with Crippen molar-refractivity contribution in [2.24, 2.45) is 0 Å². The van der Waals surface area contributed by atoms with Gasteiger partial charge < -0.3 is 4.90 Å². The third-order valence-corrected chi connectivity index (χ3v) is 3.15. The summed E-state index contributed by atoms with van der Waals surface area (Å²) in [4.78, 5) is 18.4. The predicted octanol–water partition coefficient (Wildman–Crippen LogP) is 2.90. The zero-order valence-electron chi connectivity index (χ0n) is 12.3. The molecule has 2 aromatic rings. The van der Waals surface area contributed by atoms with Crippen molar-refractivity contribution in [2.75, 3.05) is 11.4 Å². The number of hydrogen-bond donors (Lipinski definition) is 1. The maximum absolute atomic E-state index is 12.5. The van der Waals surface area contributed by atoms with Crippen LogP contribution in [0.2, 0.25) is 0 Å². The lowest BCUT2D eigenvalue weighted by atomic mass is 10.2. The molecule has 106 valence electrons. The molecule has 0 fully saturated rings. The summed E-state index contributed by atoms with van der Waals surface area (Å²) in [7, 11) is 0. The fraction of sp³-hybridized carbons (Fsp3) is 0.400. The summed E-state index contributed by atoms with van der Waals surface area (Å²) >= 11 is 0. The first-order chi connectivity index (χ1) is 9.52. The highest BCUT2D eigenvalue weighted by molar-refractivity contribution is 6.03. The zero-order chi connectivity index (χ0) is 14.7. The molecule has 1 aromatic heterocycles. The highest BCUT2D eigenvalue weighted by Crippen LogP contribution is 2.17. The molecule has 0 saturated heterocycles. The number of anilines is 1. The van der Waals surface area contributed by atoms with Gasteiger partial charge in [-0.15, -0.1) is 5.10 Å². The second-order valence-corrected chi connectivity index (χ2v) is 5.08. The molecule has 0 atom stereocenters. The van der Waals surface area contributed by atoms with Gasteiger partial charge >= 0.3 is 0 Å². The number of rotatable bonds is 4. The van der Waals surface area contributed by atoms with Crippen molar-refractivity contribution in [3.63, 3.8) is 0 Å². The molecule has 0 unspecified atom stereocenters. The molecule has 5 nitrogen and oxygen atoms in total. The van der Waals surface area contributed by atoms with Crippen LogP contribution in [0.15, 0.2) is 24.3 Å².